The second kappa shape index (κ2) is 5.61. The van der Waals surface area contributed by atoms with Crippen molar-refractivity contribution in [3.8, 4) is 0 Å². The zero-order valence-corrected chi connectivity index (χ0v) is 13.0. The Labute approximate surface area is 120 Å². The van der Waals surface area contributed by atoms with Crippen molar-refractivity contribution in [1.82, 2.24) is 4.68 Å². The third-order valence-electron chi connectivity index (χ3n) is 4.04. The van der Waals surface area contributed by atoms with E-state index in [0.717, 1.165) is 5.69 Å². The molecule has 0 unspecified atom stereocenters. The fourth-order valence-corrected chi connectivity index (χ4v) is 2.68. The predicted octanol–water partition coefficient (Wildman–Crippen LogP) is 2.36. The SMILES string of the molecule is Cc1cccc(C)c1CC(=O)Cn1c(C)cc(C)[n+]1C. The van der Waals surface area contributed by atoms with Crippen LogP contribution in [0, 0.1) is 27.7 Å². The first-order valence-corrected chi connectivity index (χ1v) is 7.00. The zero-order chi connectivity index (χ0) is 14.9. The fraction of sp³-hybridized carbons (Fsp3) is 0.412. The molecule has 20 heavy (non-hydrogen) atoms. The van der Waals surface area contributed by atoms with Crippen LogP contribution in [0.15, 0.2) is 24.3 Å². The molecule has 1 heterocycles. The van der Waals surface area contributed by atoms with Gasteiger partial charge in [-0.15, -0.1) is 4.68 Å². The lowest BCUT2D eigenvalue weighted by molar-refractivity contribution is -0.757. The van der Waals surface area contributed by atoms with Crippen molar-refractivity contribution in [3.63, 3.8) is 0 Å². The summed E-state index contributed by atoms with van der Waals surface area (Å²) in [5.74, 6) is 0.247. The third-order valence-corrected chi connectivity index (χ3v) is 4.04. The lowest BCUT2D eigenvalue weighted by Gasteiger charge is -2.09. The molecule has 2 aromatic rings. The summed E-state index contributed by atoms with van der Waals surface area (Å²) in [6, 6.07) is 8.28. The maximum absolute atomic E-state index is 12.4. The maximum Gasteiger partial charge on any atom is 0.204 e. The van der Waals surface area contributed by atoms with Gasteiger partial charge in [0.25, 0.3) is 0 Å². The molecular weight excluding hydrogens is 248 g/mol. The third kappa shape index (κ3) is 2.82. The van der Waals surface area contributed by atoms with Crippen LogP contribution in [0.2, 0.25) is 0 Å². The number of ketones is 1. The van der Waals surface area contributed by atoms with Crippen molar-refractivity contribution in [1.29, 1.82) is 0 Å². The molecule has 0 aliphatic rings. The molecule has 0 bridgehead atoms. The second-order valence-electron chi connectivity index (χ2n) is 5.59. The minimum Gasteiger partial charge on any atom is -0.297 e. The maximum atomic E-state index is 12.4. The molecule has 0 atom stereocenters. The largest absolute Gasteiger partial charge is 0.297 e. The monoisotopic (exact) mass is 271 g/mol. The van der Waals surface area contributed by atoms with Gasteiger partial charge in [0.2, 0.25) is 5.69 Å². The highest BCUT2D eigenvalue weighted by molar-refractivity contribution is 5.81. The lowest BCUT2D eigenvalue weighted by Crippen LogP contribution is -2.43. The molecule has 1 aromatic heterocycles. The quantitative estimate of drug-likeness (QED) is 0.784. The molecule has 0 N–H and O–H groups in total. The summed E-state index contributed by atoms with van der Waals surface area (Å²) in [5.41, 5.74) is 5.86. The van der Waals surface area contributed by atoms with Crippen molar-refractivity contribution in [3.05, 3.63) is 52.3 Å². The number of rotatable bonds is 4. The Morgan fingerprint density at radius 1 is 1.15 bits per heavy atom. The average molecular weight is 271 g/mol. The highest BCUT2D eigenvalue weighted by atomic mass is 16.1. The van der Waals surface area contributed by atoms with E-state index in [4.69, 9.17) is 0 Å². The Hall–Kier alpha value is -1.90. The number of Topliss-reactive ketones (excluding diaryl/α,β-unsaturated/α-hetero) is 1. The van der Waals surface area contributed by atoms with Crippen LogP contribution in [0.5, 0.6) is 0 Å². The minimum atomic E-state index is 0.247. The van der Waals surface area contributed by atoms with E-state index in [9.17, 15) is 4.79 Å². The van der Waals surface area contributed by atoms with Gasteiger partial charge < -0.3 is 0 Å². The van der Waals surface area contributed by atoms with Crippen molar-refractivity contribution in [2.75, 3.05) is 0 Å². The van der Waals surface area contributed by atoms with E-state index in [-0.39, 0.29) is 5.78 Å². The first-order valence-electron chi connectivity index (χ1n) is 7.00. The van der Waals surface area contributed by atoms with E-state index >= 15 is 0 Å². The summed E-state index contributed by atoms with van der Waals surface area (Å²) in [6.07, 6.45) is 0.509. The summed E-state index contributed by atoms with van der Waals surface area (Å²) in [6.45, 7) is 8.67. The molecule has 0 aliphatic heterocycles. The normalized spacial score (nSPS) is 10.8. The molecule has 3 heteroatoms. The molecule has 0 aliphatic carbocycles. The van der Waals surface area contributed by atoms with Crippen molar-refractivity contribution >= 4 is 5.78 Å². The van der Waals surface area contributed by atoms with Gasteiger partial charge in [-0.1, -0.05) is 18.2 Å². The van der Waals surface area contributed by atoms with Crippen LogP contribution < -0.4 is 4.68 Å². The van der Waals surface area contributed by atoms with Crippen molar-refractivity contribution in [2.24, 2.45) is 7.05 Å². The summed E-state index contributed by atoms with van der Waals surface area (Å²) < 4.78 is 4.07. The molecule has 0 saturated carbocycles. The Morgan fingerprint density at radius 2 is 1.75 bits per heavy atom. The lowest BCUT2D eigenvalue weighted by atomic mass is 9.98. The van der Waals surface area contributed by atoms with Crippen LogP contribution in [0.3, 0.4) is 0 Å². The highest BCUT2D eigenvalue weighted by Gasteiger charge is 2.17. The molecule has 0 amide bonds. The van der Waals surface area contributed by atoms with Crippen LogP contribution >= 0.6 is 0 Å². The fourth-order valence-electron chi connectivity index (χ4n) is 2.68. The van der Waals surface area contributed by atoms with Gasteiger partial charge in [0.1, 0.15) is 6.54 Å². The summed E-state index contributed by atoms with van der Waals surface area (Å²) >= 11 is 0. The highest BCUT2D eigenvalue weighted by Crippen LogP contribution is 2.14. The van der Waals surface area contributed by atoms with Gasteiger partial charge in [-0.05, 0) is 37.5 Å². The van der Waals surface area contributed by atoms with Gasteiger partial charge in [0.15, 0.2) is 12.8 Å². The number of carbonyl (C=O) groups is 1. The topological polar surface area (TPSA) is 25.9 Å². The van der Waals surface area contributed by atoms with E-state index in [1.807, 2.05) is 29.4 Å². The van der Waals surface area contributed by atoms with Crippen molar-refractivity contribution in [2.45, 2.75) is 40.7 Å². The second-order valence-corrected chi connectivity index (χ2v) is 5.59. The number of hydrogen-bond acceptors (Lipinski definition) is 1. The summed E-state index contributed by atoms with van der Waals surface area (Å²) in [5, 5.41) is 0. The molecule has 1 aromatic carbocycles. The standard InChI is InChI=1S/C17H23N2O/c1-12-7-6-8-13(2)17(12)10-16(20)11-19-15(4)9-14(3)18(19)5/h6-9H,10-11H2,1-5H3/q+1. The van der Waals surface area contributed by atoms with Crippen LogP contribution in [0.4, 0.5) is 0 Å². The van der Waals surface area contributed by atoms with E-state index in [2.05, 4.69) is 39.0 Å². The predicted molar refractivity (Wildman–Crippen MR) is 79.7 cm³/mol. The number of aromatic nitrogens is 2. The van der Waals surface area contributed by atoms with Crippen LogP contribution in [-0.4, -0.2) is 10.5 Å². The van der Waals surface area contributed by atoms with Crippen LogP contribution in [0.1, 0.15) is 28.1 Å². The van der Waals surface area contributed by atoms with E-state index in [1.165, 1.54) is 22.4 Å². The number of carbonyl (C=O) groups excluding carboxylic acids is 1. The molecule has 0 radical (unpaired) electrons. The van der Waals surface area contributed by atoms with Gasteiger partial charge >= 0.3 is 0 Å². The summed E-state index contributed by atoms with van der Waals surface area (Å²) in [4.78, 5) is 12.4. The number of hydrogen-bond donors (Lipinski definition) is 0. The Balaban J connectivity index is 2.18. The van der Waals surface area contributed by atoms with Gasteiger partial charge in [-0.2, -0.15) is 4.68 Å². The van der Waals surface area contributed by atoms with Crippen molar-refractivity contribution < 1.29 is 9.48 Å². The van der Waals surface area contributed by atoms with Crippen LogP contribution in [-0.2, 0) is 24.8 Å². The first-order chi connectivity index (χ1) is 9.40. The molecule has 106 valence electrons. The number of nitrogens with zero attached hydrogens (tertiary/aromatic N) is 2. The molecule has 0 fully saturated rings. The van der Waals surface area contributed by atoms with E-state index < -0.39 is 0 Å². The molecular formula is C17H23N2O+. The first kappa shape index (κ1) is 14.5. The van der Waals surface area contributed by atoms with Crippen LogP contribution in [0.25, 0.3) is 0 Å². The van der Waals surface area contributed by atoms with Gasteiger partial charge in [0.05, 0.1) is 5.69 Å². The van der Waals surface area contributed by atoms with Gasteiger partial charge in [0, 0.05) is 19.4 Å². The molecule has 3 nitrogen and oxygen atoms in total. The van der Waals surface area contributed by atoms with Gasteiger partial charge in [-0.3, -0.25) is 4.79 Å². The van der Waals surface area contributed by atoms with E-state index in [0.29, 0.717) is 13.0 Å². The number of aryl methyl sites for hydroxylation is 4. The number of benzene rings is 1. The average Bonchev–Trinajstić information content (AvgIpc) is 2.61. The molecule has 0 spiro atoms. The Bertz CT molecular complexity index is 633. The molecule has 2 rings (SSSR count). The Morgan fingerprint density at radius 3 is 2.25 bits per heavy atom. The zero-order valence-electron chi connectivity index (χ0n) is 13.0. The smallest absolute Gasteiger partial charge is 0.204 e. The molecule has 0 saturated heterocycles. The van der Waals surface area contributed by atoms with Gasteiger partial charge in [-0.25, -0.2) is 0 Å². The minimum absolute atomic E-state index is 0.247. The Kier molecular flexibility index (Phi) is 4.07. The summed E-state index contributed by atoms with van der Waals surface area (Å²) in [7, 11) is 1.99. The van der Waals surface area contributed by atoms with E-state index in [1.54, 1.807) is 0 Å².